The molecule has 0 unspecified atom stereocenters. The molecule has 0 aliphatic carbocycles. The third-order valence-electron chi connectivity index (χ3n) is 1.79. The van der Waals surface area contributed by atoms with Gasteiger partial charge in [-0.25, -0.2) is 13.2 Å². The number of benzene rings is 1. The molecule has 0 heterocycles. The Balaban J connectivity index is 3.06. The highest BCUT2D eigenvalue weighted by Gasteiger charge is 2.12. The number of nitrogens with zero attached hydrogens (tertiary/aromatic N) is 1. The number of anilines is 1. The molecule has 7 heteroatoms. The molecule has 15 heavy (non-hydrogen) atoms. The molecule has 5 nitrogen and oxygen atoms in total. The summed E-state index contributed by atoms with van der Waals surface area (Å²) in [6.45, 7) is 0. The fourth-order valence-corrected chi connectivity index (χ4v) is 1.71. The van der Waals surface area contributed by atoms with Crippen LogP contribution in [0.3, 0.4) is 0 Å². The van der Waals surface area contributed by atoms with Crippen molar-refractivity contribution in [3.63, 3.8) is 0 Å². The molecular formula is C8H8ClNO4S. The Bertz CT molecular complexity index is 468. The standard InChI is InChI=1S/C8H8ClNO4S/c1-10(8(11)12)6-2-4-7(5-3-6)15(9,13)14/h2-5H,1H3,(H,11,12). The fraction of sp³-hybridized carbons (Fsp3) is 0.125. The van der Waals surface area contributed by atoms with Crippen molar-refractivity contribution in [1.82, 2.24) is 0 Å². The van der Waals surface area contributed by atoms with E-state index in [-0.39, 0.29) is 4.90 Å². The first-order valence-corrected chi connectivity index (χ1v) is 6.14. The lowest BCUT2D eigenvalue weighted by atomic mass is 10.3. The predicted octanol–water partition coefficient (Wildman–Crippen LogP) is 1.73. The van der Waals surface area contributed by atoms with E-state index in [1.165, 1.54) is 31.3 Å². The molecule has 1 aromatic rings. The summed E-state index contributed by atoms with van der Waals surface area (Å²) in [5.41, 5.74) is 0.367. The highest BCUT2D eigenvalue weighted by molar-refractivity contribution is 8.13. The summed E-state index contributed by atoms with van der Waals surface area (Å²) in [6, 6.07) is 5.22. The van der Waals surface area contributed by atoms with Gasteiger partial charge < -0.3 is 5.11 Å². The Morgan fingerprint density at radius 1 is 1.33 bits per heavy atom. The van der Waals surface area contributed by atoms with E-state index in [1.54, 1.807) is 0 Å². The van der Waals surface area contributed by atoms with Crippen molar-refractivity contribution >= 4 is 31.5 Å². The summed E-state index contributed by atoms with van der Waals surface area (Å²) in [5.74, 6) is 0. The predicted molar refractivity (Wildman–Crippen MR) is 55.9 cm³/mol. The maximum atomic E-state index is 10.9. The highest BCUT2D eigenvalue weighted by atomic mass is 35.7. The molecule has 0 aliphatic heterocycles. The number of carbonyl (C=O) groups is 1. The summed E-state index contributed by atoms with van der Waals surface area (Å²) in [5, 5.41) is 8.65. The van der Waals surface area contributed by atoms with Gasteiger partial charge in [0.15, 0.2) is 0 Å². The number of rotatable bonds is 2. The molecule has 0 aromatic heterocycles. The SMILES string of the molecule is CN(C(=O)O)c1ccc(S(=O)(=O)Cl)cc1. The molecule has 82 valence electrons. The molecule has 1 aromatic carbocycles. The van der Waals surface area contributed by atoms with Crippen molar-refractivity contribution < 1.29 is 18.3 Å². The minimum atomic E-state index is -3.76. The van der Waals surface area contributed by atoms with Crippen LogP contribution in [0.15, 0.2) is 29.2 Å². The number of carboxylic acid groups (broad SMARTS) is 1. The van der Waals surface area contributed by atoms with Crippen LogP contribution >= 0.6 is 10.7 Å². The van der Waals surface area contributed by atoms with Crippen LogP contribution in [0, 0.1) is 0 Å². The molecule has 0 aliphatic rings. The van der Waals surface area contributed by atoms with Gasteiger partial charge in [0.05, 0.1) is 4.90 Å². The summed E-state index contributed by atoms with van der Waals surface area (Å²) in [6.07, 6.45) is -1.13. The van der Waals surface area contributed by atoms with Crippen molar-refractivity contribution in [2.45, 2.75) is 4.90 Å². The minimum Gasteiger partial charge on any atom is -0.465 e. The van der Waals surface area contributed by atoms with Gasteiger partial charge in [-0.3, -0.25) is 4.90 Å². The molecular weight excluding hydrogens is 242 g/mol. The number of amides is 1. The summed E-state index contributed by atoms with van der Waals surface area (Å²) in [7, 11) is 2.69. The number of hydrogen-bond acceptors (Lipinski definition) is 3. The van der Waals surface area contributed by atoms with E-state index >= 15 is 0 Å². The second-order valence-electron chi connectivity index (χ2n) is 2.77. The summed E-state index contributed by atoms with van der Waals surface area (Å²) < 4.78 is 21.8. The lowest BCUT2D eigenvalue weighted by Gasteiger charge is -2.12. The van der Waals surface area contributed by atoms with Crippen molar-refractivity contribution in [1.29, 1.82) is 0 Å². The third-order valence-corrected chi connectivity index (χ3v) is 3.16. The smallest absolute Gasteiger partial charge is 0.411 e. The van der Waals surface area contributed by atoms with Crippen LogP contribution in [0.1, 0.15) is 0 Å². The van der Waals surface area contributed by atoms with E-state index in [9.17, 15) is 13.2 Å². The maximum absolute atomic E-state index is 10.9. The molecule has 0 spiro atoms. The lowest BCUT2D eigenvalue weighted by Crippen LogP contribution is -2.23. The first kappa shape index (κ1) is 11.8. The average Bonchev–Trinajstić information content (AvgIpc) is 2.15. The summed E-state index contributed by atoms with van der Waals surface area (Å²) >= 11 is 0. The van der Waals surface area contributed by atoms with Crippen LogP contribution in [-0.2, 0) is 9.05 Å². The maximum Gasteiger partial charge on any atom is 0.411 e. The fourth-order valence-electron chi connectivity index (χ4n) is 0.943. The van der Waals surface area contributed by atoms with E-state index in [4.69, 9.17) is 15.8 Å². The van der Waals surface area contributed by atoms with E-state index < -0.39 is 15.1 Å². The zero-order valence-corrected chi connectivity index (χ0v) is 9.29. The van der Waals surface area contributed by atoms with Gasteiger partial charge >= 0.3 is 6.09 Å². The van der Waals surface area contributed by atoms with Crippen molar-refractivity contribution in [3.8, 4) is 0 Å². The Kier molecular flexibility index (Phi) is 3.21. The minimum absolute atomic E-state index is 0.0632. The molecule has 1 rings (SSSR count). The Labute approximate surface area is 91.3 Å². The zero-order valence-electron chi connectivity index (χ0n) is 7.71. The van der Waals surface area contributed by atoms with Crippen molar-refractivity contribution in [3.05, 3.63) is 24.3 Å². The first-order valence-electron chi connectivity index (χ1n) is 3.84. The van der Waals surface area contributed by atoms with E-state index in [0.717, 1.165) is 4.90 Å². The summed E-state index contributed by atoms with van der Waals surface area (Å²) in [4.78, 5) is 11.5. The molecule has 0 saturated heterocycles. The van der Waals surface area contributed by atoms with Gasteiger partial charge in [-0.2, -0.15) is 0 Å². The van der Waals surface area contributed by atoms with Gasteiger partial charge in [0.25, 0.3) is 9.05 Å². The molecule has 1 N–H and O–H groups in total. The lowest BCUT2D eigenvalue weighted by molar-refractivity contribution is 0.203. The molecule has 0 bridgehead atoms. The van der Waals surface area contributed by atoms with E-state index in [2.05, 4.69) is 0 Å². The zero-order chi connectivity index (χ0) is 11.6. The monoisotopic (exact) mass is 249 g/mol. The molecule has 0 radical (unpaired) electrons. The Morgan fingerprint density at radius 3 is 2.13 bits per heavy atom. The van der Waals surface area contributed by atoms with Crippen LogP contribution in [0.25, 0.3) is 0 Å². The molecule has 0 saturated carbocycles. The number of hydrogen-bond donors (Lipinski definition) is 1. The highest BCUT2D eigenvalue weighted by Crippen LogP contribution is 2.19. The average molecular weight is 250 g/mol. The van der Waals surface area contributed by atoms with Gasteiger partial charge in [0.1, 0.15) is 0 Å². The first-order chi connectivity index (χ1) is 6.82. The van der Waals surface area contributed by atoms with Crippen molar-refractivity contribution in [2.75, 3.05) is 11.9 Å². The second kappa shape index (κ2) is 4.08. The number of halogens is 1. The van der Waals surface area contributed by atoms with Gasteiger partial charge in [0, 0.05) is 23.4 Å². The molecule has 0 atom stereocenters. The Morgan fingerprint density at radius 2 is 1.80 bits per heavy atom. The van der Waals surface area contributed by atoms with Crippen LogP contribution in [0.4, 0.5) is 10.5 Å². The topological polar surface area (TPSA) is 74.7 Å². The Hall–Kier alpha value is -1.27. The van der Waals surface area contributed by atoms with Crippen LogP contribution < -0.4 is 4.90 Å². The van der Waals surface area contributed by atoms with Crippen LogP contribution in [-0.4, -0.2) is 26.7 Å². The van der Waals surface area contributed by atoms with E-state index in [0.29, 0.717) is 5.69 Å². The van der Waals surface area contributed by atoms with Gasteiger partial charge in [-0.05, 0) is 24.3 Å². The normalized spacial score (nSPS) is 11.1. The van der Waals surface area contributed by atoms with Crippen molar-refractivity contribution in [2.24, 2.45) is 0 Å². The van der Waals surface area contributed by atoms with Crippen LogP contribution in [0.2, 0.25) is 0 Å². The molecule has 0 fully saturated rings. The van der Waals surface area contributed by atoms with E-state index in [1.807, 2.05) is 0 Å². The van der Waals surface area contributed by atoms with Gasteiger partial charge in [-0.15, -0.1) is 0 Å². The van der Waals surface area contributed by atoms with Gasteiger partial charge in [0.2, 0.25) is 0 Å². The third kappa shape index (κ3) is 2.84. The van der Waals surface area contributed by atoms with Crippen LogP contribution in [0.5, 0.6) is 0 Å². The van der Waals surface area contributed by atoms with Gasteiger partial charge in [-0.1, -0.05) is 0 Å². The largest absolute Gasteiger partial charge is 0.465 e. The second-order valence-corrected chi connectivity index (χ2v) is 5.34. The molecule has 1 amide bonds. The quantitative estimate of drug-likeness (QED) is 0.810.